The van der Waals surface area contributed by atoms with Gasteiger partial charge in [0.1, 0.15) is 5.82 Å². The molecular weight excluding hydrogens is 362 g/mol. The summed E-state index contributed by atoms with van der Waals surface area (Å²) < 4.78 is 14.7. The third-order valence-electron chi connectivity index (χ3n) is 6.61. The summed E-state index contributed by atoms with van der Waals surface area (Å²) in [6.45, 7) is 0. The third-order valence-corrected chi connectivity index (χ3v) is 7.43. The van der Waals surface area contributed by atoms with Crippen LogP contribution in [-0.4, -0.2) is 11.9 Å². The molecule has 3 saturated carbocycles. The number of nitrogens with two attached hydrogens (primary N) is 1. The lowest BCUT2D eigenvalue weighted by Gasteiger charge is -2.40. The zero-order chi connectivity index (χ0) is 17.8. The third kappa shape index (κ3) is 2.96. The second-order valence-corrected chi connectivity index (χ2v) is 8.92. The quantitative estimate of drug-likeness (QED) is 0.744. The number of carbonyl (C=O) groups excluding carboxylic acids is 1. The van der Waals surface area contributed by atoms with Gasteiger partial charge in [0.15, 0.2) is 0 Å². The number of benzene rings is 1. The molecule has 0 unspecified atom stereocenters. The van der Waals surface area contributed by atoms with E-state index in [-0.39, 0.29) is 28.3 Å². The lowest BCUT2D eigenvalue weighted by molar-refractivity contribution is -0.129. The van der Waals surface area contributed by atoms with Crippen molar-refractivity contribution in [3.8, 4) is 0 Å². The van der Waals surface area contributed by atoms with Crippen LogP contribution in [0.5, 0.6) is 0 Å². The van der Waals surface area contributed by atoms with Gasteiger partial charge in [-0.3, -0.25) is 4.79 Å². The van der Waals surface area contributed by atoms with Crippen LogP contribution in [0.15, 0.2) is 12.1 Å². The van der Waals surface area contributed by atoms with Gasteiger partial charge in [-0.15, -0.1) is 0 Å². The van der Waals surface area contributed by atoms with Crippen LogP contribution in [0.2, 0.25) is 10.0 Å². The molecule has 3 fully saturated rings. The molecular formula is C19H23Cl2FN2O. The molecule has 1 atom stereocenters. The van der Waals surface area contributed by atoms with Gasteiger partial charge in [-0.25, -0.2) is 4.39 Å². The summed E-state index contributed by atoms with van der Waals surface area (Å²) in [4.78, 5) is 12.7. The van der Waals surface area contributed by atoms with Crippen LogP contribution in [0.4, 0.5) is 4.39 Å². The molecule has 136 valence electrons. The van der Waals surface area contributed by atoms with Crippen molar-refractivity contribution in [3.05, 3.63) is 33.6 Å². The van der Waals surface area contributed by atoms with Gasteiger partial charge < -0.3 is 11.1 Å². The van der Waals surface area contributed by atoms with Crippen LogP contribution in [-0.2, 0) is 4.79 Å². The first-order valence-corrected chi connectivity index (χ1v) is 9.84. The van der Waals surface area contributed by atoms with Crippen molar-refractivity contribution in [1.82, 2.24) is 5.32 Å². The Kier molecular flexibility index (Phi) is 4.50. The normalized spacial score (nSPS) is 34.6. The number of hydrogen-bond acceptors (Lipinski definition) is 2. The number of halogens is 3. The Morgan fingerprint density at radius 2 is 1.96 bits per heavy atom. The van der Waals surface area contributed by atoms with Crippen molar-refractivity contribution in [2.45, 2.75) is 57.0 Å². The van der Waals surface area contributed by atoms with E-state index in [1.54, 1.807) is 0 Å². The Balaban J connectivity index is 1.70. The molecule has 6 heteroatoms. The summed E-state index contributed by atoms with van der Waals surface area (Å²) >= 11 is 12.6. The van der Waals surface area contributed by atoms with E-state index in [2.05, 4.69) is 5.32 Å². The molecule has 0 aliphatic heterocycles. The first-order chi connectivity index (χ1) is 11.9. The summed E-state index contributed by atoms with van der Waals surface area (Å²) in [6.07, 6.45) is 6.68. The number of rotatable bonds is 4. The first kappa shape index (κ1) is 17.6. The van der Waals surface area contributed by atoms with E-state index in [4.69, 9.17) is 28.9 Å². The largest absolute Gasteiger partial charge is 0.348 e. The van der Waals surface area contributed by atoms with E-state index in [1.165, 1.54) is 12.1 Å². The lowest BCUT2D eigenvalue weighted by Crippen LogP contribution is -2.48. The molecule has 1 aromatic rings. The molecule has 1 amide bonds. The highest BCUT2D eigenvalue weighted by atomic mass is 35.5. The van der Waals surface area contributed by atoms with Crippen molar-refractivity contribution in [3.63, 3.8) is 0 Å². The molecule has 4 rings (SSSR count). The summed E-state index contributed by atoms with van der Waals surface area (Å²) in [7, 11) is 0. The molecule has 0 saturated heterocycles. The number of hydrogen-bond donors (Lipinski definition) is 2. The van der Waals surface area contributed by atoms with Gasteiger partial charge in [0.25, 0.3) is 0 Å². The number of carbonyl (C=O) groups is 1. The molecule has 0 aromatic heterocycles. The Hall–Kier alpha value is -0.840. The topological polar surface area (TPSA) is 55.1 Å². The van der Waals surface area contributed by atoms with Crippen molar-refractivity contribution in [2.75, 3.05) is 0 Å². The predicted molar refractivity (Wildman–Crippen MR) is 97.0 cm³/mol. The van der Waals surface area contributed by atoms with Crippen molar-refractivity contribution < 1.29 is 9.18 Å². The van der Waals surface area contributed by atoms with Crippen LogP contribution in [0.3, 0.4) is 0 Å². The van der Waals surface area contributed by atoms with E-state index in [1.807, 2.05) is 0 Å². The van der Waals surface area contributed by atoms with Gasteiger partial charge in [0.05, 0.1) is 16.1 Å². The molecule has 2 bridgehead atoms. The summed E-state index contributed by atoms with van der Waals surface area (Å²) in [5, 5.41) is 3.70. The van der Waals surface area contributed by atoms with E-state index in [0.29, 0.717) is 29.3 Å². The summed E-state index contributed by atoms with van der Waals surface area (Å²) in [6, 6.07) is 2.49. The van der Waals surface area contributed by atoms with Crippen LogP contribution < -0.4 is 11.1 Å². The second-order valence-electron chi connectivity index (χ2n) is 8.14. The maximum absolute atomic E-state index is 14.7. The van der Waals surface area contributed by atoms with Crippen LogP contribution in [0.25, 0.3) is 0 Å². The van der Waals surface area contributed by atoms with Crippen molar-refractivity contribution >= 4 is 29.1 Å². The SMILES string of the molecule is NC1CC(C(=O)N[C@H](c2c(F)ccc(Cl)c2Cl)C23CCC(CC2)C3)C1. The Bertz CT molecular complexity index is 697. The molecule has 3 nitrogen and oxygen atoms in total. The van der Waals surface area contributed by atoms with Gasteiger partial charge in [0.2, 0.25) is 5.91 Å². The monoisotopic (exact) mass is 384 g/mol. The molecule has 3 N–H and O–H groups in total. The average molecular weight is 385 g/mol. The van der Waals surface area contributed by atoms with Gasteiger partial charge in [-0.05, 0) is 68.4 Å². The highest BCUT2D eigenvalue weighted by Gasteiger charge is 2.52. The van der Waals surface area contributed by atoms with Gasteiger partial charge >= 0.3 is 0 Å². The minimum absolute atomic E-state index is 0.0353. The summed E-state index contributed by atoms with van der Waals surface area (Å²) in [5.41, 5.74) is 6.06. The standard InChI is InChI=1S/C19H23Cl2FN2O/c20-13-1-2-14(22)15(16(13)21)17(19-5-3-10(9-19)4-6-19)24-18(25)11-7-12(23)8-11/h1-2,10-12,17H,3-9,23H2,(H,24,25)/t10?,11?,12?,17-,19?/m1/s1. The minimum Gasteiger partial charge on any atom is -0.348 e. The van der Waals surface area contributed by atoms with Crippen LogP contribution >= 0.6 is 23.2 Å². The Morgan fingerprint density at radius 1 is 1.28 bits per heavy atom. The number of amides is 1. The molecule has 0 radical (unpaired) electrons. The smallest absolute Gasteiger partial charge is 0.223 e. The van der Waals surface area contributed by atoms with Gasteiger partial charge in [0, 0.05) is 17.5 Å². The fourth-order valence-corrected chi connectivity index (χ4v) is 5.54. The maximum atomic E-state index is 14.7. The average Bonchev–Trinajstić information content (AvgIpc) is 3.16. The highest BCUT2D eigenvalue weighted by Crippen LogP contribution is 2.61. The van der Waals surface area contributed by atoms with E-state index >= 15 is 0 Å². The number of nitrogens with one attached hydrogen (secondary N) is 1. The Morgan fingerprint density at radius 3 is 2.52 bits per heavy atom. The zero-order valence-electron chi connectivity index (χ0n) is 14.0. The van der Waals surface area contributed by atoms with E-state index < -0.39 is 11.9 Å². The number of fused-ring (bicyclic) bond motifs is 2. The van der Waals surface area contributed by atoms with Gasteiger partial charge in [-0.2, -0.15) is 0 Å². The first-order valence-electron chi connectivity index (χ1n) is 9.09. The fourth-order valence-electron chi connectivity index (χ4n) is 5.12. The van der Waals surface area contributed by atoms with Crippen LogP contribution in [0, 0.1) is 23.1 Å². The molecule has 1 aromatic carbocycles. The fraction of sp³-hybridized carbons (Fsp3) is 0.632. The lowest BCUT2D eigenvalue weighted by atomic mass is 9.73. The van der Waals surface area contributed by atoms with Crippen molar-refractivity contribution in [2.24, 2.45) is 23.0 Å². The van der Waals surface area contributed by atoms with Crippen LogP contribution in [0.1, 0.15) is 56.6 Å². The molecule has 0 spiro atoms. The Labute approximate surface area is 157 Å². The van der Waals surface area contributed by atoms with Crippen molar-refractivity contribution in [1.29, 1.82) is 0 Å². The molecule has 25 heavy (non-hydrogen) atoms. The molecule has 3 aliphatic carbocycles. The van der Waals surface area contributed by atoms with E-state index in [0.717, 1.165) is 32.1 Å². The molecule has 3 aliphatic rings. The zero-order valence-corrected chi connectivity index (χ0v) is 15.5. The maximum Gasteiger partial charge on any atom is 0.223 e. The molecule has 0 heterocycles. The second kappa shape index (κ2) is 6.40. The highest BCUT2D eigenvalue weighted by molar-refractivity contribution is 6.42. The van der Waals surface area contributed by atoms with Gasteiger partial charge in [-0.1, -0.05) is 23.2 Å². The minimum atomic E-state index is -0.421. The van der Waals surface area contributed by atoms with E-state index in [9.17, 15) is 9.18 Å². The predicted octanol–water partition coefficient (Wildman–Crippen LogP) is 4.61. The summed E-state index contributed by atoms with van der Waals surface area (Å²) in [5.74, 6) is 0.174.